The van der Waals surface area contributed by atoms with E-state index in [1.54, 1.807) is 0 Å². The average molecular weight is 480 g/mol. The van der Waals surface area contributed by atoms with Crippen LogP contribution in [0.15, 0.2) is 64.0 Å². The molecule has 1 saturated heterocycles. The number of nitrogens with zero attached hydrogens (tertiary/aromatic N) is 1. The fraction of sp³-hybridized carbons (Fsp3) is 0.364. The van der Waals surface area contributed by atoms with Gasteiger partial charge in [0.2, 0.25) is 0 Å². The van der Waals surface area contributed by atoms with Crippen molar-refractivity contribution in [2.24, 2.45) is 0 Å². The minimum Gasteiger partial charge on any atom is -0.473 e. The van der Waals surface area contributed by atoms with Crippen LogP contribution in [0.4, 0.5) is 0 Å². The average Bonchev–Trinajstić information content (AvgIpc) is 2.73. The van der Waals surface area contributed by atoms with E-state index in [0.29, 0.717) is 5.25 Å². The summed E-state index contributed by atoms with van der Waals surface area (Å²) >= 11 is 5.62. The molecule has 2 aromatic carbocycles. The Labute approximate surface area is 184 Å². The number of benzene rings is 2. The van der Waals surface area contributed by atoms with Crippen molar-refractivity contribution in [2.45, 2.75) is 35.8 Å². The molecule has 0 radical (unpaired) electrons. The van der Waals surface area contributed by atoms with E-state index in [1.807, 2.05) is 11.8 Å². The van der Waals surface area contributed by atoms with Crippen molar-refractivity contribution in [3.63, 3.8) is 0 Å². The predicted molar refractivity (Wildman–Crippen MR) is 119 cm³/mol. The summed E-state index contributed by atoms with van der Waals surface area (Å²) in [6, 6.07) is 19.6. The summed E-state index contributed by atoms with van der Waals surface area (Å²) in [5.41, 5.74) is 1.42. The van der Waals surface area contributed by atoms with Gasteiger partial charge in [0.05, 0.1) is 0 Å². The first kappa shape index (κ1) is 23.4. The van der Waals surface area contributed by atoms with Crippen LogP contribution in [0, 0.1) is 0 Å². The molecule has 0 saturated carbocycles. The van der Waals surface area contributed by atoms with Crippen LogP contribution >= 0.6 is 27.7 Å². The molecule has 0 spiro atoms. The molecule has 0 bridgehead atoms. The fourth-order valence-corrected chi connectivity index (χ4v) is 4.71. The van der Waals surface area contributed by atoms with Gasteiger partial charge in [0, 0.05) is 14.6 Å². The zero-order valence-corrected chi connectivity index (χ0v) is 18.6. The number of carboxylic acid groups (broad SMARTS) is 2. The van der Waals surface area contributed by atoms with Crippen LogP contribution in [0.5, 0.6) is 0 Å². The lowest BCUT2D eigenvalue weighted by molar-refractivity contribution is -0.159. The third-order valence-electron chi connectivity index (χ3n) is 4.58. The van der Waals surface area contributed by atoms with E-state index in [-0.39, 0.29) is 0 Å². The maximum Gasteiger partial charge on any atom is 0.414 e. The number of carboxylic acids is 2. The topological polar surface area (TPSA) is 77.8 Å². The Bertz CT molecular complexity index is 769. The van der Waals surface area contributed by atoms with Gasteiger partial charge in [-0.2, -0.15) is 0 Å². The second-order valence-corrected chi connectivity index (χ2v) is 8.97. The summed E-state index contributed by atoms with van der Waals surface area (Å²) in [4.78, 5) is 22.2. The molecule has 3 rings (SSSR count). The molecule has 1 aliphatic heterocycles. The highest BCUT2D eigenvalue weighted by Crippen LogP contribution is 2.38. The Balaban J connectivity index is 0.000000438. The van der Waals surface area contributed by atoms with Crippen LogP contribution in [0.25, 0.3) is 0 Å². The van der Waals surface area contributed by atoms with E-state index in [4.69, 9.17) is 19.8 Å². The molecule has 5 nitrogen and oxygen atoms in total. The number of rotatable bonds is 6. The van der Waals surface area contributed by atoms with Crippen LogP contribution in [0.2, 0.25) is 0 Å². The van der Waals surface area contributed by atoms with Gasteiger partial charge in [-0.3, -0.25) is 0 Å². The van der Waals surface area contributed by atoms with Gasteiger partial charge in [-0.15, -0.1) is 11.8 Å². The second-order valence-electron chi connectivity index (χ2n) is 6.78. The van der Waals surface area contributed by atoms with E-state index in [2.05, 4.69) is 75.4 Å². The van der Waals surface area contributed by atoms with Crippen molar-refractivity contribution in [1.29, 1.82) is 0 Å². The Kier molecular flexibility index (Phi) is 10.2. The minimum atomic E-state index is -1.82. The van der Waals surface area contributed by atoms with Crippen molar-refractivity contribution in [1.82, 2.24) is 4.90 Å². The smallest absolute Gasteiger partial charge is 0.414 e. The summed E-state index contributed by atoms with van der Waals surface area (Å²) in [5, 5.41) is 15.3. The molecule has 0 amide bonds. The van der Waals surface area contributed by atoms with Crippen molar-refractivity contribution < 1.29 is 19.8 Å². The van der Waals surface area contributed by atoms with Gasteiger partial charge in [-0.1, -0.05) is 52.7 Å². The molecule has 1 heterocycles. The number of hydrogen-bond acceptors (Lipinski definition) is 4. The monoisotopic (exact) mass is 479 g/mol. The maximum absolute atomic E-state index is 9.10. The van der Waals surface area contributed by atoms with Crippen molar-refractivity contribution in [3.8, 4) is 0 Å². The largest absolute Gasteiger partial charge is 0.473 e. The van der Waals surface area contributed by atoms with Crippen LogP contribution < -0.4 is 0 Å². The third-order valence-corrected chi connectivity index (χ3v) is 6.41. The molecular formula is C22H26BrNO4S. The number of halogens is 1. The van der Waals surface area contributed by atoms with Crippen molar-refractivity contribution in [3.05, 3.63) is 64.6 Å². The van der Waals surface area contributed by atoms with Gasteiger partial charge in [-0.05, 0) is 68.7 Å². The molecule has 1 unspecified atom stereocenters. The van der Waals surface area contributed by atoms with Gasteiger partial charge in [-0.25, -0.2) is 9.59 Å². The molecule has 156 valence electrons. The molecule has 2 N–H and O–H groups in total. The number of aliphatic carboxylic acids is 2. The Morgan fingerprint density at radius 3 is 2.21 bits per heavy atom. The molecule has 0 aromatic heterocycles. The number of carbonyl (C=O) groups is 2. The SMILES string of the molecule is Brc1cccc(C(CCN2CCCCC2)Sc2ccccc2)c1.O=C(O)C(=O)O. The lowest BCUT2D eigenvalue weighted by Gasteiger charge is -2.28. The van der Waals surface area contributed by atoms with Crippen LogP contribution in [0.1, 0.15) is 36.5 Å². The predicted octanol–water partition coefficient (Wildman–Crippen LogP) is 5.31. The highest BCUT2D eigenvalue weighted by atomic mass is 79.9. The number of likely N-dealkylation sites (tertiary alicyclic amines) is 1. The zero-order valence-electron chi connectivity index (χ0n) is 16.2. The van der Waals surface area contributed by atoms with Gasteiger partial charge < -0.3 is 15.1 Å². The van der Waals surface area contributed by atoms with Gasteiger partial charge in [0.15, 0.2) is 0 Å². The first-order valence-corrected chi connectivity index (χ1v) is 11.3. The van der Waals surface area contributed by atoms with Crippen molar-refractivity contribution in [2.75, 3.05) is 19.6 Å². The maximum atomic E-state index is 9.10. The Morgan fingerprint density at radius 2 is 1.62 bits per heavy atom. The number of hydrogen-bond donors (Lipinski definition) is 2. The summed E-state index contributed by atoms with van der Waals surface area (Å²) < 4.78 is 1.17. The molecule has 7 heteroatoms. The quantitative estimate of drug-likeness (QED) is 0.431. The molecule has 1 aliphatic rings. The van der Waals surface area contributed by atoms with E-state index >= 15 is 0 Å². The van der Waals surface area contributed by atoms with Crippen LogP contribution in [-0.2, 0) is 9.59 Å². The molecular weight excluding hydrogens is 454 g/mol. The summed E-state index contributed by atoms with van der Waals surface area (Å²) in [6.45, 7) is 3.76. The van der Waals surface area contributed by atoms with E-state index in [1.165, 1.54) is 60.2 Å². The molecule has 1 atom stereocenters. The minimum absolute atomic E-state index is 0.511. The number of piperidine rings is 1. The Hall–Kier alpha value is -1.83. The van der Waals surface area contributed by atoms with Gasteiger partial charge in [0.25, 0.3) is 0 Å². The number of thioether (sulfide) groups is 1. The third kappa shape index (κ3) is 9.02. The van der Waals surface area contributed by atoms with Crippen LogP contribution in [0.3, 0.4) is 0 Å². The zero-order chi connectivity index (χ0) is 21.1. The standard InChI is InChI=1S/C20H24BrNS.C2H2O4/c21-18-9-7-8-17(16-18)20(23-19-10-3-1-4-11-19)12-15-22-13-5-2-6-14-22;3-1(4)2(5)6/h1,3-4,7-11,16,20H,2,5-6,12-15H2;(H,3,4)(H,5,6). The lowest BCUT2D eigenvalue weighted by Crippen LogP contribution is -2.31. The summed E-state index contributed by atoms with van der Waals surface area (Å²) in [5.74, 6) is -3.65. The van der Waals surface area contributed by atoms with Gasteiger partial charge in [0.1, 0.15) is 0 Å². The van der Waals surface area contributed by atoms with E-state index in [0.717, 1.165) is 0 Å². The highest BCUT2D eigenvalue weighted by molar-refractivity contribution is 9.10. The molecule has 29 heavy (non-hydrogen) atoms. The normalized spacial score (nSPS) is 15.1. The molecule has 2 aromatic rings. The molecule has 1 fully saturated rings. The van der Waals surface area contributed by atoms with Crippen molar-refractivity contribution >= 4 is 39.6 Å². The second kappa shape index (κ2) is 12.7. The van der Waals surface area contributed by atoms with Crippen LogP contribution in [-0.4, -0.2) is 46.7 Å². The van der Waals surface area contributed by atoms with E-state index in [9.17, 15) is 0 Å². The lowest BCUT2D eigenvalue weighted by atomic mass is 10.1. The highest BCUT2D eigenvalue weighted by Gasteiger charge is 2.17. The fourth-order valence-electron chi connectivity index (χ4n) is 3.15. The summed E-state index contributed by atoms with van der Waals surface area (Å²) in [6.07, 6.45) is 5.35. The summed E-state index contributed by atoms with van der Waals surface area (Å²) in [7, 11) is 0. The first-order chi connectivity index (χ1) is 14.0. The Morgan fingerprint density at radius 1 is 0.966 bits per heavy atom. The molecule has 0 aliphatic carbocycles. The van der Waals surface area contributed by atoms with E-state index < -0.39 is 11.9 Å². The first-order valence-electron chi connectivity index (χ1n) is 9.61. The van der Waals surface area contributed by atoms with Gasteiger partial charge >= 0.3 is 11.9 Å².